The number of rotatable bonds is 5. The summed E-state index contributed by atoms with van der Waals surface area (Å²) in [5, 5.41) is 4.13. The maximum absolute atomic E-state index is 5.48. The number of aromatic nitrogens is 4. The van der Waals surface area contributed by atoms with Gasteiger partial charge in [-0.15, -0.1) is 0 Å². The van der Waals surface area contributed by atoms with Crippen molar-refractivity contribution >= 4 is 0 Å². The fourth-order valence-corrected chi connectivity index (χ4v) is 3.14. The molecular formula is C16H24N6O. The molecule has 1 saturated heterocycles. The molecule has 2 aromatic heterocycles. The second-order valence-corrected chi connectivity index (χ2v) is 6.71. The smallest absolute Gasteiger partial charge is 0.243 e. The molecule has 2 aromatic rings. The Morgan fingerprint density at radius 2 is 2.04 bits per heavy atom. The zero-order valence-corrected chi connectivity index (χ0v) is 13.9. The van der Waals surface area contributed by atoms with Gasteiger partial charge in [-0.05, 0) is 19.8 Å². The van der Waals surface area contributed by atoms with Crippen LogP contribution in [0.25, 0.3) is 0 Å². The molecule has 23 heavy (non-hydrogen) atoms. The van der Waals surface area contributed by atoms with Gasteiger partial charge in [-0.1, -0.05) is 5.16 Å². The molecule has 0 unspecified atom stereocenters. The summed E-state index contributed by atoms with van der Waals surface area (Å²) in [5.41, 5.74) is 0. The Balaban J connectivity index is 1.32. The summed E-state index contributed by atoms with van der Waals surface area (Å²) < 4.78 is 7.57. The van der Waals surface area contributed by atoms with E-state index in [4.69, 9.17) is 4.52 Å². The molecule has 0 amide bonds. The Kier molecular flexibility index (Phi) is 3.90. The van der Waals surface area contributed by atoms with Crippen molar-refractivity contribution < 1.29 is 4.52 Å². The van der Waals surface area contributed by atoms with Gasteiger partial charge in [0.15, 0.2) is 5.82 Å². The fourth-order valence-electron chi connectivity index (χ4n) is 3.14. The van der Waals surface area contributed by atoms with Gasteiger partial charge in [0.2, 0.25) is 5.89 Å². The fraction of sp³-hybridized carbons (Fsp3) is 0.688. The molecule has 7 heteroatoms. The van der Waals surface area contributed by atoms with E-state index in [1.807, 2.05) is 19.4 Å². The van der Waals surface area contributed by atoms with E-state index in [-0.39, 0.29) is 6.04 Å². The number of hydrogen-bond donors (Lipinski definition) is 0. The first-order chi connectivity index (χ1) is 11.2. The Hall–Kier alpha value is -1.73. The van der Waals surface area contributed by atoms with Gasteiger partial charge in [0.05, 0.1) is 12.6 Å². The van der Waals surface area contributed by atoms with Crippen molar-refractivity contribution in [2.24, 2.45) is 7.05 Å². The lowest BCUT2D eigenvalue weighted by Gasteiger charge is -2.36. The van der Waals surface area contributed by atoms with Gasteiger partial charge in [0.1, 0.15) is 5.82 Å². The van der Waals surface area contributed by atoms with Crippen LogP contribution in [-0.2, 0) is 13.6 Å². The van der Waals surface area contributed by atoms with Crippen molar-refractivity contribution in [3.8, 4) is 0 Å². The van der Waals surface area contributed by atoms with E-state index in [0.29, 0.717) is 5.92 Å². The van der Waals surface area contributed by atoms with E-state index in [1.165, 1.54) is 12.8 Å². The third-order valence-corrected chi connectivity index (χ3v) is 5.00. The van der Waals surface area contributed by atoms with Crippen LogP contribution in [0.1, 0.15) is 49.3 Å². The molecule has 1 atom stereocenters. The van der Waals surface area contributed by atoms with E-state index in [2.05, 4.69) is 36.4 Å². The third-order valence-electron chi connectivity index (χ3n) is 5.00. The van der Waals surface area contributed by atoms with Crippen molar-refractivity contribution in [3.63, 3.8) is 0 Å². The van der Waals surface area contributed by atoms with Gasteiger partial charge in [-0.3, -0.25) is 9.80 Å². The van der Waals surface area contributed by atoms with Crippen LogP contribution in [0.2, 0.25) is 0 Å². The molecule has 0 aromatic carbocycles. The summed E-state index contributed by atoms with van der Waals surface area (Å²) in [5.74, 6) is 3.34. The molecule has 1 saturated carbocycles. The minimum atomic E-state index is 0.199. The highest BCUT2D eigenvalue weighted by molar-refractivity contribution is 5.05. The number of hydrogen-bond acceptors (Lipinski definition) is 6. The summed E-state index contributed by atoms with van der Waals surface area (Å²) >= 11 is 0. The van der Waals surface area contributed by atoms with Crippen molar-refractivity contribution in [2.75, 3.05) is 26.2 Å². The highest BCUT2D eigenvalue weighted by Gasteiger charge is 2.31. The van der Waals surface area contributed by atoms with E-state index in [1.54, 1.807) is 0 Å². The molecule has 1 aliphatic heterocycles. The van der Waals surface area contributed by atoms with Crippen molar-refractivity contribution in [3.05, 3.63) is 29.9 Å². The lowest BCUT2D eigenvalue weighted by atomic mass is 10.2. The topological polar surface area (TPSA) is 63.2 Å². The van der Waals surface area contributed by atoms with E-state index in [9.17, 15) is 0 Å². The molecule has 2 aliphatic rings. The highest BCUT2D eigenvalue weighted by atomic mass is 16.5. The minimum Gasteiger partial charge on any atom is -0.338 e. The molecule has 0 N–H and O–H groups in total. The van der Waals surface area contributed by atoms with Crippen LogP contribution < -0.4 is 0 Å². The summed E-state index contributed by atoms with van der Waals surface area (Å²) in [7, 11) is 2.05. The number of nitrogens with zero attached hydrogens (tertiary/aromatic N) is 6. The zero-order chi connectivity index (χ0) is 15.8. The van der Waals surface area contributed by atoms with Crippen molar-refractivity contribution in [1.29, 1.82) is 0 Å². The van der Waals surface area contributed by atoms with Gasteiger partial charge in [-0.2, -0.15) is 4.98 Å². The molecule has 1 aliphatic carbocycles. The highest BCUT2D eigenvalue weighted by Crippen LogP contribution is 2.38. The Morgan fingerprint density at radius 1 is 1.26 bits per heavy atom. The maximum atomic E-state index is 5.48. The average Bonchev–Trinajstić information content (AvgIpc) is 3.17. The van der Waals surface area contributed by atoms with Crippen molar-refractivity contribution in [2.45, 2.75) is 38.3 Å². The van der Waals surface area contributed by atoms with Crippen LogP contribution in [0, 0.1) is 0 Å². The van der Waals surface area contributed by atoms with Gasteiger partial charge in [-0.25, -0.2) is 4.98 Å². The predicted octanol–water partition coefficient (Wildman–Crippen LogP) is 1.56. The van der Waals surface area contributed by atoms with Gasteiger partial charge in [0, 0.05) is 51.5 Å². The first-order valence-corrected chi connectivity index (χ1v) is 8.47. The molecule has 2 fully saturated rings. The van der Waals surface area contributed by atoms with Crippen LogP contribution in [0.4, 0.5) is 0 Å². The first-order valence-electron chi connectivity index (χ1n) is 8.47. The summed E-state index contributed by atoms with van der Waals surface area (Å²) in [6, 6.07) is 0.199. The van der Waals surface area contributed by atoms with Crippen LogP contribution in [0.3, 0.4) is 0 Å². The van der Waals surface area contributed by atoms with Gasteiger partial charge in [0.25, 0.3) is 0 Å². The molecule has 4 rings (SSSR count). The number of imidazole rings is 1. The minimum absolute atomic E-state index is 0.199. The van der Waals surface area contributed by atoms with E-state index >= 15 is 0 Å². The van der Waals surface area contributed by atoms with Crippen LogP contribution >= 0.6 is 0 Å². The second kappa shape index (κ2) is 6.05. The largest absolute Gasteiger partial charge is 0.338 e. The SMILES string of the molecule is C[C@H](c1nc(C2CC2)no1)N1CCN(Cc2nccn2C)CC1. The van der Waals surface area contributed by atoms with Crippen LogP contribution in [0.5, 0.6) is 0 Å². The normalized spacial score (nSPS) is 21.7. The van der Waals surface area contributed by atoms with E-state index < -0.39 is 0 Å². The summed E-state index contributed by atoms with van der Waals surface area (Å²) in [6.45, 7) is 7.21. The van der Waals surface area contributed by atoms with Crippen LogP contribution in [0.15, 0.2) is 16.9 Å². The lowest BCUT2D eigenvalue weighted by molar-refractivity contribution is 0.0827. The third kappa shape index (κ3) is 3.16. The molecule has 3 heterocycles. The zero-order valence-electron chi connectivity index (χ0n) is 13.9. The van der Waals surface area contributed by atoms with Gasteiger partial charge >= 0.3 is 0 Å². The quantitative estimate of drug-likeness (QED) is 0.834. The number of piperazine rings is 1. The first kappa shape index (κ1) is 14.8. The summed E-state index contributed by atoms with van der Waals surface area (Å²) in [4.78, 5) is 13.9. The molecule has 7 nitrogen and oxygen atoms in total. The monoisotopic (exact) mass is 316 g/mol. The number of aryl methyl sites for hydroxylation is 1. The molecule has 0 bridgehead atoms. The average molecular weight is 316 g/mol. The maximum Gasteiger partial charge on any atom is 0.243 e. The Bertz CT molecular complexity index is 653. The summed E-state index contributed by atoms with van der Waals surface area (Å²) in [6.07, 6.45) is 6.28. The molecule has 124 valence electrons. The Labute approximate surface area is 136 Å². The van der Waals surface area contributed by atoms with Crippen LogP contribution in [-0.4, -0.2) is 55.7 Å². The molecule has 0 spiro atoms. The van der Waals surface area contributed by atoms with Gasteiger partial charge < -0.3 is 9.09 Å². The lowest BCUT2D eigenvalue weighted by Crippen LogP contribution is -2.46. The standard InChI is InChI=1S/C16H24N6O/c1-12(16-18-15(19-23-16)13-3-4-13)22-9-7-21(8-10-22)11-14-17-5-6-20(14)2/h5-6,12-13H,3-4,7-11H2,1-2H3/t12-/m1/s1. The molecular weight excluding hydrogens is 292 g/mol. The van der Waals surface area contributed by atoms with Crippen molar-refractivity contribution in [1.82, 2.24) is 29.5 Å². The predicted molar refractivity (Wildman–Crippen MR) is 84.7 cm³/mol. The van der Waals surface area contributed by atoms with E-state index in [0.717, 1.165) is 50.3 Å². The Morgan fingerprint density at radius 3 is 2.70 bits per heavy atom. The molecule has 0 radical (unpaired) electrons. The second-order valence-electron chi connectivity index (χ2n) is 6.71.